The third-order valence-electron chi connectivity index (χ3n) is 5.25. The normalized spacial score (nSPS) is 11.2. The number of hydrogen-bond acceptors (Lipinski definition) is 5. The van der Waals surface area contributed by atoms with Gasteiger partial charge in [0.2, 0.25) is 5.91 Å². The number of anilines is 3. The van der Waals surface area contributed by atoms with E-state index >= 15 is 0 Å². The molecule has 0 heterocycles. The number of ketones is 1. The maximum Gasteiger partial charge on any atom is 0.323 e. The third kappa shape index (κ3) is 5.92. The Balaban J connectivity index is 1.69. The summed E-state index contributed by atoms with van der Waals surface area (Å²) in [7, 11) is 2.96. The molecule has 1 atom stereocenters. The Kier molecular flexibility index (Phi) is 7.87. The molecule has 0 saturated heterocycles. The van der Waals surface area contributed by atoms with Crippen molar-refractivity contribution in [2.75, 3.05) is 30.2 Å². The Bertz CT molecular complexity index is 1180. The average Bonchev–Trinajstić information content (AvgIpc) is 2.84. The van der Waals surface area contributed by atoms with Gasteiger partial charge in [-0.1, -0.05) is 30.3 Å². The molecule has 34 heavy (non-hydrogen) atoms. The fourth-order valence-corrected chi connectivity index (χ4v) is 3.34. The lowest BCUT2D eigenvalue weighted by Gasteiger charge is -2.17. The van der Waals surface area contributed by atoms with E-state index in [1.54, 1.807) is 55.5 Å². The molecule has 0 saturated carbocycles. The SMILES string of the molecule is COc1cc(NC(=O)C(C)c2ccc(NC(=O)Nc3ccccc3)cc2)c(C(C)=O)cc1OC. The van der Waals surface area contributed by atoms with Crippen molar-refractivity contribution in [1.82, 2.24) is 0 Å². The number of Topliss-reactive ketones (excluding diaryl/α,β-unsaturated/α-hetero) is 1. The Labute approximate surface area is 198 Å². The van der Waals surface area contributed by atoms with Crippen molar-refractivity contribution in [3.05, 3.63) is 77.9 Å². The van der Waals surface area contributed by atoms with Gasteiger partial charge in [-0.25, -0.2) is 4.79 Å². The van der Waals surface area contributed by atoms with Gasteiger partial charge in [-0.2, -0.15) is 0 Å². The van der Waals surface area contributed by atoms with Gasteiger partial charge in [0.05, 0.1) is 25.8 Å². The number of methoxy groups -OCH3 is 2. The zero-order valence-electron chi connectivity index (χ0n) is 19.5. The van der Waals surface area contributed by atoms with E-state index in [1.165, 1.54) is 21.1 Å². The maximum absolute atomic E-state index is 12.9. The molecule has 0 spiro atoms. The molecule has 0 aliphatic rings. The predicted octanol–water partition coefficient (Wildman–Crippen LogP) is 5.29. The summed E-state index contributed by atoms with van der Waals surface area (Å²) in [6.45, 7) is 3.17. The van der Waals surface area contributed by atoms with Gasteiger partial charge in [0.25, 0.3) is 0 Å². The molecule has 0 aromatic heterocycles. The van der Waals surface area contributed by atoms with Crippen molar-refractivity contribution in [3.63, 3.8) is 0 Å². The highest BCUT2D eigenvalue weighted by atomic mass is 16.5. The Morgan fingerprint density at radius 2 is 1.32 bits per heavy atom. The second kappa shape index (κ2) is 11.0. The topological polar surface area (TPSA) is 106 Å². The van der Waals surface area contributed by atoms with Crippen molar-refractivity contribution >= 4 is 34.8 Å². The smallest absolute Gasteiger partial charge is 0.323 e. The fraction of sp³-hybridized carbons (Fsp3) is 0.192. The molecule has 0 aliphatic heterocycles. The molecule has 3 amide bonds. The number of ether oxygens (including phenoxy) is 2. The van der Waals surface area contributed by atoms with Crippen LogP contribution in [0.1, 0.15) is 35.7 Å². The van der Waals surface area contributed by atoms with E-state index in [-0.39, 0.29) is 17.7 Å². The summed E-state index contributed by atoms with van der Waals surface area (Å²) < 4.78 is 10.5. The highest BCUT2D eigenvalue weighted by Crippen LogP contribution is 2.34. The van der Waals surface area contributed by atoms with Gasteiger partial charge in [-0.05, 0) is 49.7 Å². The first-order valence-corrected chi connectivity index (χ1v) is 10.6. The van der Waals surface area contributed by atoms with Gasteiger partial charge in [0.15, 0.2) is 17.3 Å². The first-order valence-electron chi connectivity index (χ1n) is 10.6. The van der Waals surface area contributed by atoms with Crippen molar-refractivity contribution < 1.29 is 23.9 Å². The van der Waals surface area contributed by atoms with Crippen molar-refractivity contribution in [2.24, 2.45) is 0 Å². The molecule has 0 fully saturated rings. The van der Waals surface area contributed by atoms with Gasteiger partial charge in [0.1, 0.15) is 0 Å². The van der Waals surface area contributed by atoms with Crippen LogP contribution in [0.5, 0.6) is 11.5 Å². The summed E-state index contributed by atoms with van der Waals surface area (Å²) in [6.07, 6.45) is 0. The zero-order valence-corrected chi connectivity index (χ0v) is 19.5. The fourth-order valence-electron chi connectivity index (χ4n) is 3.34. The van der Waals surface area contributed by atoms with Gasteiger partial charge < -0.3 is 25.4 Å². The lowest BCUT2D eigenvalue weighted by atomic mass is 9.99. The molecule has 0 aliphatic carbocycles. The second-order valence-corrected chi connectivity index (χ2v) is 7.59. The van der Waals surface area contributed by atoms with Crippen LogP contribution in [-0.4, -0.2) is 31.9 Å². The minimum Gasteiger partial charge on any atom is -0.493 e. The molecular formula is C26H27N3O5. The lowest BCUT2D eigenvalue weighted by molar-refractivity contribution is -0.117. The summed E-state index contributed by atoms with van der Waals surface area (Å²) in [5.41, 5.74) is 2.68. The summed E-state index contributed by atoms with van der Waals surface area (Å²) >= 11 is 0. The lowest BCUT2D eigenvalue weighted by Crippen LogP contribution is -2.21. The number of amides is 3. The Morgan fingerprint density at radius 1 is 0.765 bits per heavy atom. The Morgan fingerprint density at radius 3 is 1.88 bits per heavy atom. The minimum atomic E-state index is -0.514. The number of hydrogen-bond donors (Lipinski definition) is 3. The number of nitrogens with one attached hydrogen (secondary N) is 3. The summed E-state index contributed by atoms with van der Waals surface area (Å²) in [5.74, 6) is -0.219. The Hall–Kier alpha value is -4.33. The van der Waals surface area contributed by atoms with Gasteiger partial charge in [-0.3, -0.25) is 9.59 Å². The zero-order chi connectivity index (χ0) is 24.7. The van der Waals surface area contributed by atoms with Crippen LogP contribution in [0, 0.1) is 0 Å². The number of benzene rings is 3. The van der Waals surface area contributed by atoms with Crippen LogP contribution in [-0.2, 0) is 4.79 Å². The van der Waals surface area contributed by atoms with E-state index in [2.05, 4.69) is 16.0 Å². The predicted molar refractivity (Wildman–Crippen MR) is 132 cm³/mol. The van der Waals surface area contributed by atoms with Gasteiger partial charge in [0, 0.05) is 23.0 Å². The minimum absolute atomic E-state index is 0.215. The standard InChI is InChI=1S/C26H27N3O5/c1-16(25(31)29-22-15-24(34-4)23(33-3)14-21(22)17(2)30)18-10-12-20(13-11-18)28-26(32)27-19-8-6-5-7-9-19/h5-16H,1-4H3,(H,29,31)(H2,27,28,32). The molecule has 3 N–H and O–H groups in total. The van der Waals surface area contributed by atoms with E-state index < -0.39 is 5.92 Å². The number of carbonyl (C=O) groups excluding carboxylic acids is 3. The van der Waals surface area contributed by atoms with Gasteiger partial charge in [-0.15, -0.1) is 0 Å². The largest absolute Gasteiger partial charge is 0.493 e. The number of urea groups is 1. The van der Waals surface area contributed by atoms with Crippen LogP contribution >= 0.6 is 0 Å². The van der Waals surface area contributed by atoms with Crippen molar-refractivity contribution in [3.8, 4) is 11.5 Å². The number of rotatable bonds is 8. The molecule has 3 rings (SSSR count). The van der Waals surface area contributed by atoms with Crippen LogP contribution in [0.4, 0.5) is 21.9 Å². The first-order chi connectivity index (χ1) is 16.3. The third-order valence-corrected chi connectivity index (χ3v) is 5.25. The highest BCUT2D eigenvalue weighted by molar-refractivity contribution is 6.06. The molecule has 3 aromatic rings. The molecule has 3 aromatic carbocycles. The molecule has 8 heteroatoms. The van der Waals surface area contributed by atoms with E-state index in [4.69, 9.17) is 9.47 Å². The number of para-hydroxylation sites is 1. The quantitative estimate of drug-likeness (QED) is 0.395. The number of carbonyl (C=O) groups is 3. The summed E-state index contributed by atoms with van der Waals surface area (Å²) in [6, 6.07) is 18.8. The molecule has 0 bridgehead atoms. The molecule has 0 radical (unpaired) electrons. The van der Waals surface area contributed by atoms with Gasteiger partial charge >= 0.3 is 6.03 Å². The summed E-state index contributed by atoms with van der Waals surface area (Å²) in [4.78, 5) is 37.2. The van der Waals surface area contributed by atoms with Crippen LogP contribution in [0.2, 0.25) is 0 Å². The van der Waals surface area contributed by atoms with Crippen LogP contribution < -0.4 is 25.4 Å². The van der Waals surface area contributed by atoms with Crippen LogP contribution in [0.3, 0.4) is 0 Å². The average molecular weight is 462 g/mol. The van der Waals surface area contributed by atoms with Crippen molar-refractivity contribution in [2.45, 2.75) is 19.8 Å². The second-order valence-electron chi connectivity index (χ2n) is 7.59. The van der Waals surface area contributed by atoms with E-state index in [1.807, 2.05) is 18.2 Å². The monoisotopic (exact) mass is 461 g/mol. The maximum atomic E-state index is 12.9. The molecule has 8 nitrogen and oxygen atoms in total. The van der Waals surface area contributed by atoms with E-state index in [0.29, 0.717) is 34.1 Å². The first kappa shape index (κ1) is 24.3. The highest BCUT2D eigenvalue weighted by Gasteiger charge is 2.20. The van der Waals surface area contributed by atoms with Crippen molar-refractivity contribution in [1.29, 1.82) is 0 Å². The van der Waals surface area contributed by atoms with Crippen LogP contribution in [0.15, 0.2) is 66.7 Å². The molecule has 176 valence electrons. The summed E-state index contributed by atoms with van der Waals surface area (Å²) in [5, 5.41) is 8.31. The molecular weight excluding hydrogens is 434 g/mol. The van der Waals surface area contributed by atoms with E-state index in [9.17, 15) is 14.4 Å². The van der Waals surface area contributed by atoms with E-state index in [0.717, 1.165) is 5.56 Å². The van der Waals surface area contributed by atoms with Crippen LogP contribution in [0.25, 0.3) is 0 Å². The molecule has 1 unspecified atom stereocenters.